The van der Waals surface area contributed by atoms with Crippen molar-refractivity contribution in [1.29, 1.82) is 0 Å². The van der Waals surface area contributed by atoms with E-state index in [9.17, 15) is 0 Å². The fourth-order valence-corrected chi connectivity index (χ4v) is 1.38. The molecule has 15 heavy (non-hydrogen) atoms. The zero-order chi connectivity index (χ0) is 11.5. The Labute approximate surface area is 92.7 Å². The predicted octanol–water partition coefficient (Wildman–Crippen LogP) is 3.46. The molecule has 1 aromatic rings. The van der Waals surface area contributed by atoms with Gasteiger partial charge < -0.3 is 4.74 Å². The lowest BCUT2D eigenvalue weighted by Gasteiger charge is -2.20. The van der Waals surface area contributed by atoms with Crippen LogP contribution in [0.2, 0.25) is 0 Å². The summed E-state index contributed by atoms with van der Waals surface area (Å²) in [7, 11) is 0. The first-order chi connectivity index (χ1) is 6.87. The van der Waals surface area contributed by atoms with Gasteiger partial charge in [0.25, 0.3) is 0 Å². The molecule has 0 fully saturated rings. The molecule has 1 aromatic heterocycles. The zero-order valence-electron chi connectivity index (χ0n) is 10.4. The van der Waals surface area contributed by atoms with Gasteiger partial charge in [0.2, 0.25) is 5.88 Å². The quantitative estimate of drug-likeness (QED) is 0.757. The Morgan fingerprint density at radius 1 is 1.27 bits per heavy atom. The molecule has 0 saturated heterocycles. The van der Waals surface area contributed by atoms with Crippen molar-refractivity contribution in [3.8, 4) is 5.88 Å². The van der Waals surface area contributed by atoms with Crippen LogP contribution in [0.1, 0.15) is 40.2 Å². The first-order valence-electron chi connectivity index (χ1n) is 5.51. The molecule has 2 heteroatoms. The molecule has 2 nitrogen and oxygen atoms in total. The van der Waals surface area contributed by atoms with Gasteiger partial charge >= 0.3 is 0 Å². The summed E-state index contributed by atoms with van der Waals surface area (Å²) < 4.78 is 5.65. The van der Waals surface area contributed by atoms with Crippen molar-refractivity contribution in [2.45, 2.75) is 46.6 Å². The second-order valence-corrected chi connectivity index (χ2v) is 5.32. The van der Waals surface area contributed by atoms with Gasteiger partial charge in [0, 0.05) is 12.3 Å². The number of ether oxygens (including phenoxy) is 1. The molecular formula is C13H21NO. The molecule has 0 N–H and O–H groups in total. The summed E-state index contributed by atoms with van der Waals surface area (Å²) in [6.45, 7) is 10.5. The monoisotopic (exact) mass is 207 g/mol. The lowest BCUT2D eigenvalue weighted by atomic mass is 10.1. The Morgan fingerprint density at radius 3 is 2.33 bits per heavy atom. The number of pyridine rings is 1. The normalized spacial score (nSPS) is 11.9. The second-order valence-electron chi connectivity index (χ2n) is 5.32. The van der Waals surface area contributed by atoms with E-state index >= 15 is 0 Å². The van der Waals surface area contributed by atoms with Gasteiger partial charge in [-0.2, -0.15) is 0 Å². The maximum absolute atomic E-state index is 5.65. The van der Waals surface area contributed by atoms with E-state index in [1.54, 1.807) is 0 Å². The van der Waals surface area contributed by atoms with Gasteiger partial charge in [0.1, 0.15) is 5.60 Å². The van der Waals surface area contributed by atoms with E-state index in [4.69, 9.17) is 4.74 Å². The Bertz CT molecular complexity index is 295. The SMILES string of the molecule is CC(C)Cc1ccc(OC(C)(C)C)nc1. The van der Waals surface area contributed by atoms with Crippen LogP contribution in [0.3, 0.4) is 0 Å². The van der Waals surface area contributed by atoms with E-state index in [-0.39, 0.29) is 5.60 Å². The number of hydrogen-bond donors (Lipinski definition) is 0. The minimum absolute atomic E-state index is 0.174. The average Bonchev–Trinajstić information content (AvgIpc) is 2.05. The highest BCUT2D eigenvalue weighted by Gasteiger charge is 2.12. The van der Waals surface area contributed by atoms with E-state index in [0.29, 0.717) is 11.8 Å². The molecule has 0 aliphatic rings. The van der Waals surface area contributed by atoms with Crippen molar-refractivity contribution in [3.05, 3.63) is 23.9 Å². The zero-order valence-corrected chi connectivity index (χ0v) is 10.4. The van der Waals surface area contributed by atoms with Gasteiger partial charge in [0.05, 0.1) is 0 Å². The van der Waals surface area contributed by atoms with Crippen LogP contribution in [-0.2, 0) is 6.42 Å². The minimum atomic E-state index is -0.174. The predicted molar refractivity (Wildman–Crippen MR) is 63.2 cm³/mol. The van der Waals surface area contributed by atoms with Gasteiger partial charge in [0.15, 0.2) is 0 Å². The summed E-state index contributed by atoms with van der Waals surface area (Å²) in [5, 5.41) is 0. The van der Waals surface area contributed by atoms with E-state index in [0.717, 1.165) is 6.42 Å². The van der Waals surface area contributed by atoms with E-state index < -0.39 is 0 Å². The molecule has 0 radical (unpaired) electrons. The molecule has 0 bridgehead atoms. The van der Waals surface area contributed by atoms with Crippen molar-refractivity contribution in [3.63, 3.8) is 0 Å². The maximum Gasteiger partial charge on any atom is 0.213 e. The molecule has 0 aliphatic heterocycles. The van der Waals surface area contributed by atoms with E-state index in [2.05, 4.69) is 24.9 Å². The topological polar surface area (TPSA) is 22.1 Å². The number of rotatable bonds is 3. The standard InChI is InChI=1S/C13H21NO/c1-10(2)8-11-6-7-12(14-9-11)15-13(3,4)5/h6-7,9-10H,8H2,1-5H3. The van der Waals surface area contributed by atoms with Crippen LogP contribution in [0, 0.1) is 5.92 Å². The Hall–Kier alpha value is -1.05. The Balaban J connectivity index is 2.64. The fourth-order valence-electron chi connectivity index (χ4n) is 1.38. The molecule has 0 spiro atoms. The number of aromatic nitrogens is 1. The van der Waals surface area contributed by atoms with Crippen LogP contribution in [0.5, 0.6) is 5.88 Å². The molecule has 0 amide bonds. The summed E-state index contributed by atoms with van der Waals surface area (Å²) in [5.41, 5.74) is 1.10. The molecule has 0 saturated carbocycles. The lowest BCUT2D eigenvalue weighted by molar-refractivity contribution is 0.124. The van der Waals surface area contributed by atoms with Gasteiger partial charge in [-0.05, 0) is 38.7 Å². The molecule has 0 unspecified atom stereocenters. The van der Waals surface area contributed by atoms with Crippen LogP contribution in [-0.4, -0.2) is 10.6 Å². The van der Waals surface area contributed by atoms with Crippen LogP contribution >= 0.6 is 0 Å². The summed E-state index contributed by atoms with van der Waals surface area (Å²) in [5.74, 6) is 1.37. The highest BCUT2D eigenvalue weighted by Crippen LogP contribution is 2.16. The fraction of sp³-hybridized carbons (Fsp3) is 0.615. The molecule has 0 atom stereocenters. The molecular weight excluding hydrogens is 186 g/mol. The molecule has 1 rings (SSSR count). The van der Waals surface area contributed by atoms with Crippen molar-refractivity contribution in [1.82, 2.24) is 4.98 Å². The molecule has 84 valence electrons. The molecule has 0 aliphatic carbocycles. The van der Waals surface area contributed by atoms with E-state index in [1.165, 1.54) is 5.56 Å². The molecule has 1 heterocycles. The lowest BCUT2D eigenvalue weighted by Crippen LogP contribution is -2.23. The summed E-state index contributed by atoms with van der Waals surface area (Å²) in [4.78, 5) is 4.29. The van der Waals surface area contributed by atoms with Crippen molar-refractivity contribution >= 4 is 0 Å². The van der Waals surface area contributed by atoms with Crippen molar-refractivity contribution in [2.75, 3.05) is 0 Å². The average molecular weight is 207 g/mol. The summed E-state index contributed by atoms with van der Waals surface area (Å²) >= 11 is 0. The van der Waals surface area contributed by atoms with Gasteiger partial charge in [-0.3, -0.25) is 0 Å². The third-order valence-corrected chi connectivity index (χ3v) is 1.85. The minimum Gasteiger partial charge on any atom is -0.472 e. The smallest absolute Gasteiger partial charge is 0.213 e. The van der Waals surface area contributed by atoms with Crippen molar-refractivity contribution in [2.24, 2.45) is 5.92 Å². The number of nitrogens with zero attached hydrogens (tertiary/aromatic N) is 1. The first kappa shape index (κ1) is 12.0. The van der Waals surface area contributed by atoms with E-state index in [1.807, 2.05) is 33.0 Å². The number of hydrogen-bond acceptors (Lipinski definition) is 2. The Morgan fingerprint density at radius 2 is 1.93 bits per heavy atom. The summed E-state index contributed by atoms with van der Waals surface area (Å²) in [6, 6.07) is 4.04. The highest BCUT2D eigenvalue weighted by molar-refractivity contribution is 5.18. The van der Waals surface area contributed by atoms with Gasteiger partial charge in [-0.1, -0.05) is 19.9 Å². The van der Waals surface area contributed by atoms with Gasteiger partial charge in [-0.15, -0.1) is 0 Å². The highest BCUT2D eigenvalue weighted by atomic mass is 16.5. The second kappa shape index (κ2) is 4.65. The van der Waals surface area contributed by atoms with Crippen molar-refractivity contribution < 1.29 is 4.74 Å². The largest absolute Gasteiger partial charge is 0.472 e. The summed E-state index contributed by atoms with van der Waals surface area (Å²) in [6.07, 6.45) is 2.98. The maximum atomic E-state index is 5.65. The van der Waals surface area contributed by atoms with Crippen LogP contribution in [0.25, 0.3) is 0 Å². The first-order valence-corrected chi connectivity index (χ1v) is 5.51. The molecule has 0 aromatic carbocycles. The third-order valence-electron chi connectivity index (χ3n) is 1.85. The van der Waals surface area contributed by atoms with Crippen LogP contribution in [0.15, 0.2) is 18.3 Å². The Kier molecular flexibility index (Phi) is 3.72. The van der Waals surface area contributed by atoms with Gasteiger partial charge in [-0.25, -0.2) is 4.98 Å². The van der Waals surface area contributed by atoms with Crippen LogP contribution < -0.4 is 4.74 Å². The third kappa shape index (κ3) is 4.82. The van der Waals surface area contributed by atoms with Crippen LogP contribution in [0.4, 0.5) is 0 Å².